The zero-order valence-corrected chi connectivity index (χ0v) is 15.4. The Labute approximate surface area is 152 Å². The summed E-state index contributed by atoms with van der Waals surface area (Å²) in [6.45, 7) is 4.65. The van der Waals surface area contributed by atoms with Crippen molar-refractivity contribution < 1.29 is 4.79 Å². The highest BCUT2D eigenvalue weighted by Crippen LogP contribution is 2.14. The van der Waals surface area contributed by atoms with E-state index in [0.29, 0.717) is 28.0 Å². The van der Waals surface area contributed by atoms with Crippen LogP contribution in [0.4, 0.5) is 0 Å². The predicted octanol–water partition coefficient (Wildman–Crippen LogP) is 3.57. The van der Waals surface area contributed by atoms with Crippen LogP contribution < -0.4 is 5.56 Å². The number of para-hydroxylation sites is 1. The fourth-order valence-corrected chi connectivity index (χ4v) is 3.02. The first kappa shape index (κ1) is 17.9. The number of fused-ring (bicyclic) bond motifs is 1. The quantitative estimate of drug-likeness (QED) is 0.708. The van der Waals surface area contributed by atoms with E-state index in [9.17, 15) is 9.59 Å². The summed E-state index contributed by atoms with van der Waals surface area (Å²) < 4.78 is 1.58. The van der Waals surface area contributed by atoms with Crippen molar-refractivity contribution in [2.24, 2.45) is 0 Å². The summed E-state index contributed by atoms with van der Waals surface area (Å²) in [4.78, 5) is 31.5. The largest absolute Gasteiger partial charge is 0.342 e. The fourth-order valence-electron chi connectivity index (χ4n) is 3.02. The van der Waals surface area contributed by atoms with Crippen molar-refractivity contribution in [3.8, 4) is 5.69 Å². The Morgan fingerprint density at radius 3 is 2.50 bits per heavy atom. The average molecular weight is 349 g/mol. The summed E-state index contributed by atoms with van der Waals surface area (Å²) in [6.07, 6.45) is 2.03. The van der Waals surface area contributed by atoms with Gasteiger partial charge in [-0.05, 0) is 49.7 Å². The second kappa shape index (κ2) is 7.52. The minimum Gasteiger partial charge on any atom is -0.342 e. The Morgan fingerprint density at radius 2 is 1.81 bits per heavy atom. The summed E-state index contributed by atoms with van der Waals surface area (Å²) in [5.41, 5.74) is 1.91. The number of benzene rings is 2. The molecule has 1 aromatic heterocycles. The maximum Gasteiger partial charge on any atom is 0.265 e. The van der Waals surface area contributed by atoms with E-state index in [1.807, 2.05) is 32.2 Å². The molecule has 3 aromatic rings. The highest BCUT2D eigenvalue weighted by molar-refractivity contribution is 5.94. The number of hydrogen-bond donors (Lipinski definition) is 0. The lowest BCUT2D eigenvalue weighted by Gasteiger charge is -2.17. The van der Waals surface area contributed by atoms with Crippen molar-refractivity contribution in [2.45, 2.75) is 26.7 Å². The van der Waals surface area contributed by atoms with Gasteiger partial charge in [0.05, 0.1) is 16.6 Å². The van der Waals surface area contributed by atoms with Crippen LogP contribution in [-0.4, -0.2) is 34.0 Å². The molecule has 26 heavy (non-hydrogen) atoms. The van der Waals surface area contributed by atoms with Gasteiger partial charge < -0.3 is 4.90 Å². The van der Waals surface area contributed by atoms with Crippen molar-refractivity contribution in [1.29, 1.82) is 0 Å². The summed E-state index contributed by atoms with van der Waals surface area (Å²) in [6, 6.07) is 14.4. The smallest absolute Gasteiger partial charge is 0.265 e. The predicted molar refractivity (Wildman–Crippen MR) is 104 cm³/mol. The lowest BCUT2D eigenvalue weighted by atomic mass is 10.1. The Hall–Kier alpha value is -2.95. The molecule has 0 aliphatic rings. The molecule has 5 heteroatoms. The number of aryl methyl sites for hydroxylation is 1. The van der Waals surface area contributed by atoms with Crippen LogP contribution in [0.25, 0.3) is 16.6 Å². The van der Waals surface area contributed by atoms with Crippen LogP contribution in [0.15, 0.2) is 53.3 Å². The van der Waals surface area contributed by atoms with Gasteiger partial charge in [-0.3, -0.25) is 14.2 Å². The van der Waals surface area contributed by atoms with Crippen molar-refractivity contribution in [3.05, 3.63) is 70.3 Å². The number of aromatic nitrogens is 2. The molecule has 0 aliphatic heterocycles. The molecule has 0 saturated heterocycles. The van der Waals surface area contributed by atoms with Gasteiger partial charge in [-0.15, -0.1) is 0 Å². The van der Waals surface area contributed by atoms with Crippen molar-refractivity contribution in [2.75, 3.05) is 13.6 Å². The van der Waals surface area contributed by atoms with Crippen LogP contribution >= 0.6 is 0 Å². The van der Waals surface area contributed by atoms with E-state index in [1.54, 1.807) is 39.8 Å². The first-order chi connectivity index (χ1) is 12.5. The molecule has 0 fully saturated rings. The van der Waals surface area contributed by atoms with Gasteiger partial charge in [-0.2, -0.15) is 0 Å². The molecule has 0 saturated carbocycles. The highest BCUT2D eigenvalue weighted by Gasteiger charge is 2.13. The van der Waals surface area contributed by atoms with Crippen LogP contribution in [0.3, 0.4) is 0 Å². The molecular formula is C21H23N3O2. The van der Waals surface area contributed by atoms with Gasteiger partial charge in [0.25, 0.3) is 11.5 Å². The van der Waals surface area contributed by atoms with Crippen LogP contribution in [0.2, 0.25) is 0 Å². The second-order valence-corrected chi connectivity index (χ2v) is 6.44. The fraction of sp³-hybridized carbons (Fsp3) is 0.286. The summed E-state index contributed by atoms with van der Waals surface area (Å²) in [7, 11) is 1.81. The number of carbonyl (C=O) groups is 1. The van der Waals surface area contributed by atoms with E-state index >= 15 is 0 Å². The maximum atomic E-state index is 12.8. The van der Waals surface area contributed by atoms with Crippen LogP contribution in [-0.2, 0) is 0 Å². The Morgan fingerprint density at radius 1 is 1.12 bits per heavy atom. The summed E-state index contributed by atoms with van der Waals surface area (Å²) >= 11 is 0. The third-order valence-electron chi connectivity index (χ3n) is 4.51. The molecule has 0 bridgehead atoms. The molecule has 0 aliphatic carbocycles. The van der Waals surface area contributed by atoms with Crippen molar-refractivity contribution in [3.63, 3.8) is 0 Å². The summed E-state index contributed by atoms with van der Waals surface area (Å²) in [5.74, 6) is 0.610. The average Bonchev–Trinajstić information content (AvgIpc) is 2.66. The molecule has 0 N–H and O–H groups in total. The van der Waals surface area contributed by atoms with Crippen molar-refractivity contribution in [1.82, 2.24) is 14.5 Å². The number of nitrogens with zero attached hydrogens (tertiary/aromatic N) is 3. The van der Waals surface area contributed by atoms with Crippen molar-refractivity contribution >= 4 is 16.8 Å². The minimum atomic E-state index is -0.104. The monoisotopic (exact) mass is 349 g/mol. The molecule has 0 radical (unpaired) electrons. The van der Waals surface area contributed by atoms with E-state index in [4.69, 9.17) is 0 Å². The molecule has 134 valence electrons. The van der Waals surface area contributed by atoms with E-state index in [1.165, 1.54) is 0 Å². The SMILES string of the molecule is CCCCN(C)C(=O)c1ccc(-n2c(C)nc3ccccc3c2=O)cc1. The van der Waals surface area contributed by atoms with E-state index in [2.05, 4.69) is 11.9 Å². The van der Waals surface area contributed by atoms with E-state index in [-0.39, 0.29) is 11.5 Å². The van der Waals surface area contributed by atoms with E-state index in [0.717, 1.165) is 19.4 Å². The molecule has 2 aromatic carbocycles. The lowest BCUT2D eigenvalue weighted by Crippen LogP contribution is -2.27. The molecule has 3 rings (SSSR count). The number of hydrogen-bond acceptors (Lipinski definition) is 3. The first-order valence-corrected chi connectivity index (χ1v) is 8.87. The molecule has 0 unspecified atom stereocenters. The van der Waals surface area contributed by atoms with Crippen LogP contribution in [0, 0.1) is 6.92 Å². The topological polar surface area (TPSA) is 55.2 Å². The maximum absolute atomic E-state index is 12.8. The first-order valence-electron chi connectivity index (χ1n) is 8.87. The van der Waals surface area contributed by atoms with Gasteiger partial charge in [0.1, 0.15) is 5.82 Å². The van der Waals surface area contributed by atoms with Crippen LogP contribution in [0.1, 0.15) is 35.9 Å². The van der Waals surface area contributed by atoms with Gasteiger partial charge in [0.2, 0.25) is 0 Å². The van der Waals surface area contributed by atoms with Gasteiger partial charge in [0, 0.05) is 19.2 Å². The third kappa shape index (κ3) is 3.38. The summed E-state index contributed by atoms with van der Waals surface area (Å²) in [5, 5.41) is 0.581. The minimum absolute atomic E-state index is 0.00861. The van der Waals surface area contributed by atoms with E-state index < -0.39 is 0 Å². The molecule has 1 heterocycles. The Kier molecular flexibility index (Phi) is 5.16. The third-order valence-corrected chi connectivity index (χ3v) is 4.51. The number of carbonyl (C=O) groups excluding carboxylic acids is 1. The molecule has 0 spiro atoms. The number of amides is 1. The highest BCUT2D eigenvalue weighted by atomic mass is 16.2. The number of rotatable bonds is 5. The van der Waals surface area contributed by atoms with Crippen LogP contribution in [0.5, 0.6) is 0 Å². The van der Waals surface area contributed by atoms with Gasteiger partial charge in [-0.25, -0.2) is 4.98 Å². The Balaban J connectivity index is 1.96. The second-order valence-electron chi connectivity index (χ2n) is 6.44. The molecule has 5 nitrogen and oxygen atoms in total. The number of unbranched alkanes of at least 4 members (excludes halogenated alkanes) is 1. The molecule has 0 atom stereocenters. The zero-order chi connectivity index (χ0) is 18.7. The lowest BCUT2D eigenvalue weighted by molar-refractivity contribution is 0.0793. The molecule has 1 amide bonds. The zero-order valence-electron chi connectivity index (χ0n) is 15.4. The van der Waals surface area contributed by atoms with Gasteiger partial charge in [-0.1, -0.05) is 25.5 Å². The standard InChI is InChI=1S/C21H23N3O2/c1-4-5-14-23(3)20(25)16-10-12-17(13-11-16)24-15(2)22-19-9-7-6-8-18(19)21(24)26/h6-13H,4-5,14H2,1-3H3. The Bertz CT molecular complexity index is 990. The van der Waals surface area contributed by atoms with Gasteiger partial charge in [0.15, 0.2) is 0 Å². The normalized spacial score (nSPS) is 10.9. The molecular weight excluding hydrogens is 326 g/mol. The van der Waals surface area contributed by atoms with Gasteiger partial charge >= 0.3 is 0 Å².